The van der Waals surface area contributed by atoms with Gasteiger partial charge < -0.3 is 0 Å². The second-order valence-electron chi connectivity index (χ2n) is 3.08. The summed E-state index contributed by atoms with van der Waals surface area (Å²) in [6.45, 7) is 10.2. The molecule has 78 valence electrons. The molecule has 0 saturated carbocycles. The van der Waals surface area contributed by atoms with E-state index in [4.69, 9.17) is 0 Å². The summed E-state index contributed by atoms with van der Waals surface area (Å²) in [5.41, 5.74) is 0. The Morgan fingerprint density at radius 1 is 1.15 bits per heavy atom. The molecule has 0 aliphatic rings. The number of unbranched alkanes of at least 4 members (excludes halogenated alkanes) is 1. The van der Waals surface area contributed by atoms with Crippen molar-refractivity contribution in [2.24, 2.45) is 0 Å². The molecule has 0 unspecified atom stereocenters. The molecule has 0 atom stereocenters. The van der Waals surface area contributed by atoms with Crippen LogP contribution in [0, 0.1) is 0 Å². The molecule has 0 aromatic carbocycles. The van der Waals surface area contributed by atoms with Gasteiger partial charge in [0.05, 0.1) is 0 Å². The molecule has 0 amide bonds. The van der Waals surface area contributed by atoms with Gasteiger partial charge in [-0.3, -0.25) is 0 Å². The third kappa shape index (κ3) is 8.81. The van der Waals surface area contributed by atoms with Gasteiger partial charge in [0, 0.05) is 0 Å². The zero-order chi connectivity index (χ0) is 9.94. The van der Waals surface area contributed by atoms with Crippen LogP contribution in [0.1, 0.15) is 33.6 Å². The molecule has 0 N–H and O–H groups in total. The van der Waals surface area contributed by atoms with Crippen molar-refractivity contribution in [3.05, 3.63) is 10.2 Å². The van der Waals surface area contributed by atoms with Crippen LogP contribution in [0.25, 0.3) is 0 Å². The van der Waals surface area contributed by atoms with Crippen molar-refractivity contribution >= 4 is 20.9 Å². The molecule has 0 aliphatic carbocycles. The molecule has 0 saturated heterocycles. The molecule has 2 heteroatoms. The first-order valence-corrected chi connectivity index (χ1v) is 8.33. The minimum absolute atomic E-state index is 0.207. The molecule has 0 spiro atoms. The monoisotopic (exact) mass is 299 g/mol. The fraction of sp³-hybridized carbons (Fsp3) is 0.818. The Kier molecular flexibility index (Phi) is 11.0. The Morgan fingerprint density at radius 2 is 1.85 bits per heavy atom. The van der Waals surface area contributed by atoms with Crippen LogP contribution >= 0.6 is 0 Å². The van der Waals surface area contributed by atoms with Crippen LogP contribution in [0.15, 0.2) is 10.2 Å². The van der Waals surface area contributed by atoms with Crippen molar-refractivity contribution in [1.29, 1.82) is 0 Å². The van der Waals surface area contributed by atoms with E-state index in [0.29, 0.717) is 0 Å². The Hall–Kier alpha value is 0.490. The first kappa shape index (κ1) is 13.5. The van der Waals surface area contributed by atoms with Crippen LogP contribution in [0.2, 0.25) is 4.47 Å². The first-order chi connectivity index (χ1) is 6.35. The van der Waals surface area contributed by atoms with Crippen LogP contribution in [0.5, 0.6) is 0 Å². The number of nitrogens with zero attached hydrogens (tertiary/aromatic N) is 1. The van der Waals surface area contributed by atoms with Crippen molar-refractivity contribution in [3.8, 4) is 0 Å². The Bertz CT molecular complexity index is 119. The van der Waals surface area contributed by atoms with Crippen molar-refractivity contribution in [2.45, 2.75) is 38.1 Å². The predicted molar refractivity (Wildman–Crippen MR) is 62.4 cm³/mol. The van der Waals surface area contributed by atoms with Crippen molar-refractivity contribution in [1.82, 2.24) is 4.90 Å². The van der Waals surface area contributed by atoms with Crippen molar-refractivity contribution < 1.29 is 0 Å². The second-order valence-corrected chi connectivity index (χ2v) is 5.98. The zero-order valence-corrected chi connectivity index (χ0v) is 11.6. The standard InChI is InChI=1S/C11H23NTe/c1-4-7-10-13-11-8-9-12(5-2)6-3/h8,11H,4-7,9-10H2,1-3H3. The molecule has 0 aromatic heterocycles. The Balaban J connectivity index is 3.28. The molecule has 1 nitrogen and oxygen atoms in total. The normalized spacial score (nSPS) is 11.7. The Morgan fingerprint density at radius 3 is 2.38 bits per heavy atom. The maximum atomic E-state index is 2.46. The van der Waals surface area contributed by atoms with Gasteiger partial charge in [-0.25, -0.2) is 0 Å². The molecule has 0 heterocycles. The molecule has 0 aliphatic heterocycles. The van der Waals surface area contributed by atoms with E-state index in [2.05, 4.69) is 35.9 Å². The average molecular weight is 297 g/mol. The van der Waals surface area contributed by atoms with Crippen LogP contribution < -0.4 is 0 Å². The van der Waals surface area contributed by atoms with E-state index in [9.17, 15) is 0 Å². The van der Waals surface area contributed by atoms with Gasteiger partial charge in [-0.1, -0.05) is 0 Å². The van der Waals surface area contributed by atoms with Crippen molar-refractivity contribution in [3.63, 3.8) is 0 Å². The summed E-state index contributed by atoms with van der Waals surface area (Å²) in [4.78, 5) is 2.45. The molecular weight excluding hydrogens is 274 g/mol. The van der Waals surface area contributed by atoms with Gasteiger partial charge in [0.2, 0.25) is 0 Å². The fourth-order valence-electron chi connectivity index (χ4n) is 1.04. The number of hydrogen-bond donors (Lipinski definition) is 0. The summed E-state index contributed by atoms with van der Waals surface area (Å²) >= 11 is 0.207. The molecular formula is C11H23NTe. The SMILES string of the molecule is CCCC[Te]C=CCN(CC)CC. The van der Waals surface area contributed by atoms with Crippen molar-refractivity contribution in [2.75, 3.05) is 19.6 Å². The van der Waals surface area contributed by atoms with Gasteiger partial charge in [0.1, 0.15) is 0 Å². The van der Waals surface area contributed by atoms with Gasteiger partial charge in [0.15, 0.2) is 0 Å². The van der Waals surface area contributed by atoms with E-state index in [1.54, 1.807) is 0 Å². The summed E-state index contributed by atoms with van der Waals surface area (Å²) in [7, 11) is 0. The van der Waals surface area contributed by atoms with E-state index >= 15 is 0 Å². The predicted octanol–water partition coefficient (Wildman–Crippen LogP) is 2.76. The van der Waals surface area contributed by atoms with Crippen LogP contribution in [0.4, 0.5) is 0 Å². The van der Waals surface area contributed by atoms with Gasteiger partial charge in [-0.2, -0.15) is 0 Å². The van der Waals surface area contributed by atoms with E-state index < -0.39 is 0 Å². The third-order valence-electron chi connectivity index (χ3n) is 2.07. The van der Waals surface area contributed by atoms with Crippen LogP contribution in [0.3, 0.4) is 0 Å². The van der Waals surface area contributed by atoms with E-state index in [1.165, 1.54) is 30.4 Å². The summed E-state index contributed by atoms with van der Waals surface area (Å²) in [6.07, 6.45) is 5.15. The zero-order valence-electron chi connectivity index (χ0n) is 9.25. The Labute approximate surface area is 93.7 Å². The van der Waals surface area contributed by atoms with E-state index in [0.717, 1.165) is 6.54 Å². The first-order valence-electron chi connectivity index (χ1n) is 5.34. The number of likely N-dealkylation sites (N-methyl/N-ethyl adjacent to an activating group) is 1. The topological polar surface area (TPSA) is 3.24 Å². The van der Waals surface area contributed by atoms with Gasteiger partial charge in [-0.15, -0.1) is 0 Å². The minimum atomic E-state index is 0.207. The van der Waals surface area contributed by atoms with E-state index in [-0.39, 0.29) is 20.9 Å². The average Bonchev–Trinajstić information content (AvgIpc) is 2.17. The number of rotatable bonds is 8. The maximum absolute atomic E-state index is 2.46. The summed E-state index contributed by atoms with van der Waals surface area (Å²) in [5, 5.41) is 0. The van der Waals surface area contributed by atoms with Gasteiger partial charge in [0.25, 0.3) is 0 Å². The fourth-order valence-corrected chi connectivity index (χ4v) is 3.36. The molecule has 0 bridgehead atoms. The molecule has 0 fully saturated rings. The number of hydrogen-bond acceptors (Lipinski definition) is 1. The summed E-state index contributed by atoms with van der Waals surface area (Å²) < 4.78 is 3.94. The quantitative estimate of drug-likeness (QED) is 0.492. The summed E-state index contributed by atoms with van der Waals surface area (Å²) in [5.74, 6) is 0. The van der Waals surface area contributed by atoms with Crippen LogP contribution in [-0.2, 0) is 0 Å². The van der Waals surface area contributed by atoms with Gasteiger partial charge >= 0.3 is 93.7 Å². The molecule has 0 aromatic rings. The molecule has 13 heavy (non-hydrogen) atoms. The summed E-state index contributed by atoms with van der Waals surface area (Å²) in [6, 6.07) is 0. The molecule has 0 rings (SSSR count). The molecule has 0 radical (unpaired) electrons. The van der Waals surface area contributed by atoms with E-state index in [1.807, 2.05) is 0 Å². The third-order valence-corrected chi connectivity index (χ3v) is 4.66. The second kappa shape index (κ2) is 10.6. The van der Waals surface area contributed by atoms with Crippen LogP contribution in [-0.4, -0.2) is 45.5 Å². The van der Waals surface area contributed by atoms with Gasteiger partial charge in [-0.05, 0) is 0 Å².